The molecular weight excluding hydrogens is 176 g/mol. The molecule has 0 aliphatic heterocycles. The van der Waals surface area contributed by atoms with Crippen LogP contribution in [0.4, 0.5) is 0 Å². The van der Waals surface area contributed by atoms with Crippen molar-refractivity contribution in [1.82, 2.24) is 0 Å². The Bertz CT molecular complexity index is 280. The Morgan fingerprint density at radius 3 is 2.08 bits per heavy atom. The second-order valence-corrected chi connectivity index (χ2v) is 6.28. The highest BCUT2D eigenvalue weighted by molar-refractivity contribution is 7.96. The maximum Gasteiger partial charge on any atom is 0.203 e. The molecule has 0 aromatic carbocycles. The Labute approximate surface area is 73.4 Å². The molecule has 4 heteroatoms. The van der Waals surface area contributed by atoms with E-state index in [2.05, 4.69) is 6.58 Å². The molecule has 0 N–H and O–H groups in total. The average molecular weight is 189 g/mol. The van der Waals surface area contributed by atoms with Crippen LogP contribution in [-0.4, -0.2) is 19.5 Å². The fourth-order valence-corrected chi connectivity index (χ4v) is 1.72. The molecule has 0 aromatic heterocycles. The molecule has 0 saturated carbocycles. The Kier molecular flexibility index (Phi) is 3.21. The highest BCUT2D eigenvalue weighted by atomic mass is 32.2. The number of allylic oxidation sites excluding steroid dienone is 1. The van der Waals surface area contributed by atoms with E-state index in [9.17, 15) is 13.2 Å². The van der Waals surface area contributed by atoms with Gasteiger partial charge in [0.05, 0.1) is 4.75 Å². The standard InChI is InChI=1S/C8H13O3S/c1-7(5-6-9)12(10,11)8(2,3)4/h1,5H2,2-4H3. The first-order valence-corrected chi connectivity index (χ1v) is 4.99. The first-order chi connectivity index (χ1) is 5.23. The third kappa shape index (κ3) is 2.17. The molecule has 0 heterocycles. The predicted molar refractivity (Wildman–Crippen MR) is 48.1 cm³/mol. The van der Waals surface area contributed by atoms with Crippen LogP contribution in [0.15, 0.2) is 11.5 Å². The van der Waals surface area contributed by atoms with Crippen LogP contribution in [-0.2, 0) is 14.6 Å². The molecule has 0 amide bonds. The zero-order valence-corrected chi connectivity index (χ0v) is 8.36. The molecule has 0 bridgehead atoms. The molecule has 0 rings (SSSR count). The number of rotatable bonds is 3. The number of carbonyl (C=O) groups excluding carboxylic acids is 1. The fraction of sp³-hybridized carbons (Fsp3) is 0.625. The van der Waals surface area contributed by atoms with Crippen molar-refractivity contribution in [3.63, 3.8) is 0 Å². The van der Waals surface area contributed by atoms with Crippen LogP contribution in [0.5, 0.6) is 0 Å². The fourth-order valence-electron chi connectivity index (χ4n) is 0.609. The lowest BCUT2D eigenvalue weighted by atomic mass is 10.3. The minimum absolute atomic E-state index is 0.0648. The molecule has 1 radical (unpaired) electrons. The number of hydrogen-bond acceptors (Lipinski definition) is 3. The summed E-state index contributed by atoms with van der Waals surface area (Å²) in [6.45, 7) is 8.04. The van der Waals surface area contributed by atoms with Gasteiger partial charge in [0.2, 0.25) is 6.29 Å². The minimum Gasteiger partial charge on any atom is -0.290 e. The van der Waals surface area contributed by atoms with Crippen molar-refractivity contribution in [2.24, 2.45) is 0 Å². The van der Waals surface area contributed by atoms with Crippen LogP contribution in [0.3, 0.4) is 0 Å². The molecule has 69 valence electrons. The Morgan fingerprint density at radius 2 is 1.83 bits per heavy atom. The van der Waals surface area contributed by atoms with Gasteiger partial charge in [-0.15, -0.1) is 0 Å². The van der Waals surface area contributed by atoms with Crippen molar-refractivity contribution >= 4 is 16.1 Å². The van der Waals surface area contributed by atoms with Crippen LogP contribution in [0, 0.1) is 0 Å². The monoisotopic (exact) mass is 189 g/mol. The summed E-state index contributed by atoms with van der Waals surface area (Å²) in [6, 6.07) is 0. The summed E-state index contributed by atoms with van der Waals surface area (Å²) < 4.78 is 22.0. The normalized spacial score (nSPS) is 12.6. The Morgan fingerprint density at radius 1 is 1.42 bits per heavy atom. The summed E-state index contributed by atoms with van der Waals surface area (Å²) in [6.07, 6.45) is 1.28. The predicted octanol–water partition coefficient (Wildman–Crippen LogP) is 1.21. The highest BCUT2D eigenvalue weighted by Gasteiger charge is 2.31. The van der Waals surface area contributed by atoms with Gasteiger partial charge in [-0.2, -0.15) is 0 Å². The summed E-state index contributed by atoms with van der Waals surface area (Å²) in [5, 5.41) is 0. The van der Waals surface area contributed by atoms with Crippen molar-refractivity contribution in [3.8, 4) is 0 Å². The number of hydrogen-bond donors (Lipinski definition) is 0. The van der Waals surface area contributed by atoms with Gasteiger partial charge in [0, 0.05) is 11.3 Å². The van der Waals surface area contributed by atoms with Crippen molar-refractivity contribution in [2.45, 2.75) is 31.9 Å². The first-order valence-electron chi connectivity index (χ1n) is 3.51. The van der Waals surface area contributed by atoms with Gasteiger partial charge in [0.1, 0.15) is 0 Å². The van der Waals surface area contributed by atoms with Crippen molar-refractivity contribution in [1.29, 1.82) is 0 Å². The van der Waals surface area contributed by atoms with Gasteiger partial charge in [-0.3, -0.25) is 4.79 Å². The van der Waals surface area contributed by atoms with E-state index in [-0.39, 0.29) is 11.3 Å². The van der Waals surface area contributed by atoms with Crippen LogP contribution in [0.2, 0.25) is 0 Å². The smallest absolute Gasteiger partial charge is 0.203 e. The van der Waals surface area contributed by atoms with Crippen molar-refractivity contribution in [3.05, 3.63) is 11.5 Å². The Balaban J connectivity index is 4.89. The van der Waals surface area contributed by atoms with Gasteiger partial charge in [-0.05, 0) is 20.8 Å². The van der Waals surface area contributed by atoms with Crippen LogP contribution >= 0.6 is 0 Å². The van der Waals surface area contributed by atoms with Gasteiger partial charge in [0.25, 0.3) is 0 Å². The zero-order valence-electron chi connectivity index (χ0n) is 7.55. The molecule has 12 heavy (non-hydrogen) atoms. The van der Waals surface area contributed by atoms with Gasteiger partial charge in [0.15, 0.2) is 9.84 Å². The summed E-state index contributed by atoms with van der Waals surface area (Å²) in [5.74, 6) is 0. The van der Waals surface area contributed by atoms with E-state index < -0.39 is 14.6 Å². The summed E-state index contributed by atoms with van der Waals surface area (Å²) in [5.41, 5.74) is 0. The molecule has 0 unspecified atom stereocenters. The highest BCUT2D eigenvalue weighted by Crippen LogP contribution is 2.23. The van der Waals surface area contributed by atoms with Crippen molar-refractivity contribution in [2.75, 3.05) is 0 Å². The maximum absolute atomic E-state index is 11.5. The van der Waals surface area contributed by atoms with Gasteiger partial charge < -0.3 is 0 Å². The van der Waals surface area contributed by atoms with Crippen LogP contribution < -0.4 is 0 Å². The third-order valence-corrected chi connectivity index (χ3v) is 3.97. The lowest BCUT2D eigenvalue weighted by Gasteiger charge is -2.19. The second-order valence-electron chi connectivity index (χ2n) is 3.48. The molecular formula is C8H13O3S. The van der Waals surface area contributed by atoms with E-state index in [4.69, 9.17) is 0 Å². The van der Waals surface area contributed by atoms with Gasteiger partial charge in [-0.1, -0.05) is 6.58 Å². The van der Waals surface area contributed by atoms with Crippen LogP contribution in [0.1, 0.15) is 27.2 Å². The van der Waals surface area contributed by atoms with E-state index in [1.54, 1.807) is 20.8 Å². The summed E-state index contributed by atoms with van der Waals surface area (Å²) in [7, 11) is -3.40. The van der Waals surface area contributed by atoms with E-state index in [0.717, 1.165) is 0 Å². The topological polar surface area (TPSA) is 51.2 Å². The molecule has 0 atom stereocenters. The SMILES string of the molecule is C=C(C[C]=O)S(=O)(=O)C(C)(C)C. The minimum atomic E-state index is -3.40. The molecule has 3 nitrogen and oxygen atoms in total. The van der Waals surface area contributed by atoms with Gasteiger partial charge >= 0.3 is 0 Å². The molecule has 0 aliphatic rings. The summed E-state index contributed by atoms with van der Waals surface area (Å²) in [4.78, 5) is 9.87. The molecule has 0 fully saturated rings. The average Bonchev–Trinajstić information content (AvgIpc) is 1.85. The van der Waals surface area contributed by atoms with Gasteiger partial charge in [-0.25, -0.2) is 8.42 Å². The lowest BCUT2D eigenvalue weighted by Crippen LogP contribution is -2.28. The molecule has 0 spiro atoms. The largest absolute Gasteiger partial charge is 0.290 e. The maximum atomic E-state index is 11.5. The second kappa shape index (κ2) is 3.39. The van der Waals surface area contributed by atoms with Crippen LogP contribution in [0.25, 0.3) is 0 Å². The zero-order chi connectivity index (χ0) is 9.99. The molecule has 0 aromatic rings. The quantitative estimate of drug-likeness (QED) is 0.670. The molecule has 0 saturated heterocycles. The Hall–Kier alpha value is -0.640. The van der Waals surface area contributed by atoms with Crippen molar-refractivity contribution < 1.29 is 13.2 Å². The van der Waals surface area contributed by atoms with E-state index in [1.807, 2.05) is 0 Å². The molecule has 0 aliphatic carbocycles. The van der Waals surface area contributed by atoms with E-state index in [1.165, 1.54) is 6.29 Å². The first kappa shape index (κ1) is 11.4. The van der Waals surface area contributed by atoms with E-state index >= 15 is 0 Å². The van der Waals surface area contributed by atoms with E-state index in [0.29, 0.717) is 0 Å². The third-order valence-electron chi connectivity index (χ3n) is 1.46. The number of sulfone groups is 1. The summed E-state index contributed by atoms with van der Waals surface area (Å²) >= 11 is 0. The lowest BCUT2D eigenvalue weighted by molar-refractivity contribution is 0.551.